The quantitative estimate of drug-likeness (QED) is 0.701. The van der Waals surface area contributed by atoms with Gasteiger partial charge in [0.15, 0.2) is 0 Å². The second-order valence-corrected chi connectivity index (χ2v) is 6.79. The second-order valence-electron chi connectivity index (χ2n) is 6.04. The van der Waals surface area contributed by atoms with Gasteiger partial charge in [0.05, 0.1) is 0 Å². The van der Waals surface area contributed by atoms with Gasteiger partial charge in [0.25, 0.3) is 0 Å². The Labute approximate surface area is 98.5 Å². The van der Waals surface area contributed by atoms with Gasteiger partial charge in [-0.25, -0.2) is 0 Å². The molecule has 0 aromatic heterocycles. The number of hydrogen-bond donors (Lipinski definition) is 1. The Bertz CT molecular complexity index is 227. The van der Waals surface area contributed by atoms with E-state index in [1.54, 1.807) is 0 Å². The van der Waals surface area contributed by atoms with Crippen molar-refractivity contribution in [3.63, 3.8) is 0 Å². The zero-order valence-corrected chi connectivity index (χ0v) is 10.6. The standard InChI is InChI=1S/C13H21Cl.H3N/c1-2-3-12-11-5-9-4-10(6-11)8-13(12,14)7-9;/h9-12H,2-8H2,1H3;1H3. The van der Waals surface area contributed by atoms with E-state index in [0.29, 0.717) is 0 Å². The van der Waals surface area contributed by atoms with Crippen LogP contribution in [-0.2, 0) is 0 Å². The lowest BCUT2D eigenvalue weighted by molar-refractivity contribution is -0.0235. The Hall–Kier alpha value is 0.250. The first-order chi connectivity index (χ1) is 6.71. The Morgan fingerprint density at radius 2 is 1.73 bits per heavy atom. The maximum Gasteiger partial charge on any atom is 0.0482 e. The van der Waals surface area contributed by atoms with Gasteiger partial charge in [0.2, 0.25) is 0 Å². The minimum absolute atomic E-state index is 0. The Kier molecular flexibility index (Phi) is 3.07. The van der Waals surface area contributed by atoms with Crippen LogP contribution in [0, 0.1) is 23.7 Å². The molecular formula is C13H24ClN. The number of rotatable bonds is 2. The van der Waals surface area contributed by atoms with E-state index in [0.717, 1.165) is 23.7 Å². The summed E-state index contributed by atoms with van der Waals surface area (Å²) >= 11 is 6.88. The largest absolute Gasteiger partial charge is 0.344 e. The van der Waals surface area contributed by atoms with Crippen LogP contribution < -0.4 is 6.15 Å². The molecule has 0 amide bonds. The highest BCUT2D eigenvalue weighted by atomic mass is 35.5. The first-order valence-electron chi connectivity index (χ1n) is 6.40. The summed E-state index contributed by atoms with van der Waals surface area (Å²) in [6.45, 7) is 2.31. The normalized spacial score (nSPS) is 51.6. The highest BCUT2D eigenvalue weighted by Crippen LogP contribution is 2.62. The van der Waals surface area contributed by atoms with E-state index in [2.05, 4.69) is 6.92 Å². The number of halogens is 1. The summed E-state index contributed by atoms with van der Waals surface area (Å²) in [5.41, 5.74) is 0. The maximum atomic E-state index is 6.88. The van der Waals surface area contributed by atoms with E-state index in [9.17, 15) is 0 Å². The predicted molar refractivity (Wildman–Crippen MR) is 65.6 cm³/mol. The zero-order chi connectivity index (χ0) is 9.76. The van der Waals surface area contributed by atoms with Crippen LogP contribution in [0.4, 0.5) is 0 Å². The molecule has 4 saturated carbocycles. The molecule has 0 spiro atoms. The van der Waals surface area contributed by atoms with Crippen molar-refractivity contribution in [1.29, 1.82) is 0 Å². The molecule has 0 aromatic rings. The van der Waals surface area contributed by atoms with Gasteiger partial charge in [-0.1, -0.05) is 13.3 Å². The van der Waals surface area contributed by atoms with Gasteiger partial charge in [-0.3, -0.25) is 0 Å². The fourth-order valence-corrected chi connectivity index (χ4v) is 5.58. The van der Waals surface area contributed by atoms with Crippen molar-refractivity contribution < 1.29 is 0 Å². The van der Waals surface area contributed by atoms with Crippen LogP contribution >= 0.6 is 11.6 Å². The van der Waals surface area contributed by atoms with E-state index >= 15 is 0 Å². The molecule has 4 bridgehead atoms. The van der Waals surface area contributed by atoms with E-state index in [1.807, 2.05) is 0 Å². The molecular weight excluding hydrogens is 206 g/mol. The van der Waals surface area contributed by atoms with Gasteiger partial charge in [-0.15, -0.1) is 11.6 Å². The van der Waals surface area contributed by atoms with Crippen LogP contribution in [-0.4, -0.2) is 4.87 Å². The summed E-state index contributed by atoms with van der Waals surface area (Å²) < 4.78 is 0. The number of alkyl halides is 1. The third-order valence-electron chi connectivity index (χ3n) is 5.03. The molecule has 88 valence electrons. The van der Waals surface area contributed by atoms with Gasteiger partial charge in [-0.05, 0) is 62.2 Å². The fraction of sp³-hybridized carbons (Fsp3) is 1.00. The van der Waals surface area contributed by atoms with Crippen molar-refractivity contribution in [2.24, 2.45) is 23.7 Å². The van der Waals surface area contributed by atoms with E-state index in [-0.39, 0.29) is 11.0 Å². The third-order valence-corrected chi connectivity index (χ3v) is 5.62. The third kappa shape index (κ3) is 1.72. The van der Waals surface area contributed by atoms with Crippen LogP contribution in [0.5, 0.6) is 0 Å². The van der Waals surface area contributed by atoms with Crippen molar-refractivity contribution in [2.45, 2.75) is 56.7 Å². The molecule has 3 atom stereocenters. The Morgan fingerprint density at radius 1 is 1.13 bits per heavy atom. The molecule has 4 fully saturated rings. The molecule has 0 radical (unpaired) electrons. The van der Waals surface area contributed by atoms with Gasteiger partial charge in [-0.2, -0.15) is 0 Å². The van der Waals surface area contributed by atoms with Crippen LogP contribution in [0.1, 0.15) is 51.9 Å². The van der Waals surface area contributed by atoms with Crippen LogP contribution in [0.15, 0.2) is 0 Å². The smallest absolute Gasteiger partial charge is 0.0482 e. The average Bonchev–Trinajstić information content (AvgIpc) is 2.09. The first kappa shape index (κ1) is 11.7. The second kappa shape index (κ2) is 3.92. The van der Waals surface area contributed by atoms with Crippen molar-refractivity contribution in [1.82, 2.24) is 6.15 Å². The molecule has 0 saturated heterocycles. The lowest BCUT2D eigenvalue weighted by Crippen LogP contribution is -2.53. The molecule has 1 nitrogen and oxygen atoms in total. The summed E-state index contributed by atoms with van der Waals surface area (Å²) in [6, 6.07) is 0. The van der Waals surface area contributed by atoms with Crippen LogP contribution in [0.2, 0.25) is 0 Å². The molecule has 4 aliphatic rings. The summed E-state index contributed by atoms with van der Waals surface area (Å²) in [7, 11) is 0. The monoisotopic (exact) mass is 229 g/mol. The fourth-order valence-electron chi connectivity index (χ4n) is 4.85. The minimum Gasteiger partial charge on any atom is -0.344 e. The Balaban J connectivity index is 0.000000853. The van der Waals surface area contributed by atoms with Gasteiger partial charge >= 0.3 is 0 Å². The van der Waals surface area contributed by atoms with Crippen molar-refractivity contribution in [3.05, 3.63) is 0 Å². The topological polar surface area (TPSA) is 35.0 Å². The van der Waals surface area contributed by atoms with Crippen molar-refractivity contribution in [3.8, 4) is 0 Å². The van der Waals surface area contributed by atoms with Gasteiger partial charge in [0, 0.05) is 4.87 Å². The molecule has 4 aliphatic carbocycles. The number of hydrogen-bond acceptors (Lipinski definition) is 1. The van der Waals surface area contributed by atoms with Gasteiger partial charge < -0.3 is 6.15 Å². The highest BCUT2D eigenvalue weighted by Gasteiger charge is 2.55. The van der Waals surface area contributed by atoms with E-state index in [4.69, 9.17) is 11.6 Å². The minimum atomic E-state index is 0. The molecule has 4 rings (SSSR count). The van der Waals surface area contributed by atoms with Crippen molar-refractivity contribution >= 4 is 11.6 Å². The van der Waals surface area contributed by atoms with Gasteiger partial charge in [0.1, 0.15) is 0 Å². The highest BCUT2D eigenvalue weighted by molar-refractivity contribution is 6.24. The predicted octanol–water partition coefficient (Wildman–Crippen LogP) is 4.38. The SMILES string of the molecule is CCCC1C2CC3CC(C2)CC1(Cl)C3.N. The molecule has 2 heteroatoms. The lowest BCUT2D eigenvalue weighted by atomic mass is 9.51. The molecule has 3 unspecified atom stereocenters. The zero-order valence-electron chi connectivity index (χ0n) is 9.84. The van der Waals surface area contributed by atoms with Crippen molar-refractivity contribution in [2.75, 3.05) is 0 Å². The summed E-state index contributed by atoms with van der Waals surface area (Å²) in [5, 5.41) is 0. The molecule has 0 aliphatic heterocycles. The molecule has 3 N–H and O–H groups in total. The van der Waals surface area contributed by atoms with E-state index in [1.165, 1.54) is 44.9 Å². The molecule has 0 heterocycles. The van der Waals surface area contributed by atoms with Crippen LogP contribution in [0.25, 0.3) is 0 Å². The lowest BCUT2D eigenvalue weighted by Gasteiger charge is -2.59. The van der Waals surface area contributed by atoms with Crippen LogP contribution in [0.3, 0.4) is 0 Å². The summed E-state index contributed by atoms with van der Waals surface area (Å²) in [5.74, 6) is 3.86. The summed E-state index contributed by atoms with van der Waals surface area (Å²) in [6.07, 6.45) is 9.91. The average molecular weight is 230 g/mol. The van der Waals surface area contributed by atoms with E-state index < -0.39 is 0 Å². The molecule has 15 heavy (non-hydrogen) atoms. The molecule has 0 aromatic carbocycles. The first-order valence-corrected chi connectivity index (χ1v) is 6.78. The Morgan fingerprint density at radius 3 is 2.20 bits per heavy atom. The summed E-state index contributed by atoms with van der Waals surface area (Å²) in [4.78, 5) is 0.241. The maximum absolute atomic E-state index is 6.88.